The highest BCUT2D eigenvalue weighted by molar-refractivity contribution is 7.18. The third-order valence-corrected chi connectivity index (χ3v) is 4.80. The van der Waals surface area contributed by atoms with Crippen LogP contribution < -0.4 is 10.1 Å². The van der Waals surface area contributed by atoms with Crippen molar-refractivity contribution >= 4 is 22.4 Å². The van der Waals surface area contributed by atoms with Gasteiger partial charge in [-0.2, -0.15) is 0 Å². The van der Waals surface area contributed by atoms with Gasteiger partial charge in [-0.25, -0.2) is 0 Å². The number of hydrogen-bond acceptors (Lipinski definition) is 6. The molecule has 0 fully saturated rings. The first-order valence-corrected chi connectivity index (χ1v) is 9.41. The van der Waals surface area contributed by atoms with Crippen LogP contribution in [-0.4, -0.2) is 27.7 Å². The quantitative estimate of drug-likeness (QED) is 0.533. The molecule has 7 heteroatoms. The Bertz CT molecular complexity index is 1050. The minimum absolute atomic E-state index is 0.105. The average Bonchev–Trinajstić information content (AvgIpc) is 3.22. The zero-order valence-electron chi connectivity index (χ0n) is 14.8. The van der Waals surface area contributed by atoms with E-state index in [-0.39, 0.29) is 12.5 Å². The summed E-state index contributed by atoms with van der Waals surface area (Å²) in [5.41, 5.74) is 3.08. The van der Waals surface area contributed by atoms with Gasteiger partial charge in [-0.1, -0.05) is 53.8 Å². The van der Waals surface area contributed by atoms with Gasteiger partial charge in [0, 0.05) is 18.0 Å². The number of nitrogens with one attached hydrogen (secondary N) is 1. The van der Waals surface area contributed by atoms with Crippen LogP contribution in [0.2, 0.25) is 0 Å². The van der Waals surface area contributed by atoms with Crippen LogP contribution >= 0.6 is 11.3 Å². The molecule has 28 heavy (non-hydrogen) atoms. The maximum Gasteiger partial charge on any atom is 0.264 e. The Morgan fingerprint density at radius 3 is 2.39 bits per heavy atom. The maximum absolute atomic E-state index is 12.1. The molecule has 0 saturated heterocycles. The second kappa shape index (κ2) is 8.41. The molecule has 6 nitrogen and oxygen atoms in total. The summed E-state index contributed by atoms with van der Waals surface area (Å²) in [7, 11) is 0. The van der Waals surface area contributed by atoms with E-state index in [1.165, 1.54) is 11.3 Å². The molecule has 0 bridgehead atoms. The number of aromatic nitrogens is 3. The molecule has 138 valence electrons. The number of carbonyl (C=O) groups is 1. The first-order valence-electron chi connectivity index (χ1n) is 8.60. The number of pyridine rings is 1. The Hall–Kier alpha value is -3.58. The molecule has 4 rings (SSSR count). The standard InChI is InChI=1S/C21H16N4O2S/c26-19(23-21-25-24-20(28-21)17-7-4-12-22-13-17)14-27-18-10-8-16(9-11-18)15-5-2-1-3-6-15/h1-13H,14H2,(H,23,25,26). The summed E-state index contributed by atoms with van der Waals surface area (Å²) in [5, 5.41) is 11.9. The van der Waals surface area contributed by atoms with Gasteiger partial charge in [0.05, 0.1) is 0 Å². The number of ether oxygens (including phenoxy) is 1. The van der Waals surface area contributed by atoms with Gasteiger partial charge in [-0.3, -0.25) is 15.1 Å². The number of rotatable bonds is 6. The van der Waals surface area contributed by atoms with Gasteiger partial charge >= 0.3 is 0 Å². The van der Waals surface area contributed by atoms with Crippen LogP contribution in [0.3, 0.4) is 0 Å². The molecule has 0 saturated carbocycles. The van der Waals surface area contributed by atoms with Crippen LogP contribution in [0.15, 0.2) is 79.1 Å². The van der Waals surface area contributed by atoms with E-state index in [0.29, 0.717) is 15.9 Å². The number of carbonyl (C=O) groups excluding carboxylic acids is 1. The highest BCUT2D eigenvalue weighted by Gasteiger charge is 2.10. The third kappa shape index (κ3) is 4.39. The molecule has 0 aliphatic rings. The van der Waals surface area contributed by atoms with Gasteiger partial charge in [0.2, 0.25) is 5.13 Å². The fourth-order valence-corrected chi connectivity index (χ4v) is 3.31. The molecule has 0 atom stereocenters. The summed E-state index contributed by atoms with van der Waals surface area (Å²) in [5.74, 6) is 0.337. The molecule has 0 aliphatic carbocycles. The van der Waals surface area contributed by atoms with Crippen molar-refractivity contribution in [3.05, 3.63) is 79.1 Å². The monoisotopic (exact) mass is 388 g/mol. The van der Waals surface area contributed by atoms with Crippen LogP contribution in [0.1, 0.15) is 0 Å². The lowest BCUT2D eigenvalue weighted by Crippen LogP contribution is -2.20. The van der Waals surface area contributed by atoms with Crippen molar-refractivity contribution in [2.24, 2.45) is 0 Å². The van der Waals surface area contributed by atoms with Gasteiger partial charge in [0.25, 0.3) is 5.91 Å². The molecule has 1 amide bonds. The van der Waals surface area contributed by atoms with Crippen molar-refractivity contribution in [2.75, 3.05) is 11.9 Å². The second-order valence-electron chi connectivity index (χ2n) is 5.88. The lowest BCUT2D eigenvalue weighted by atomic mass is 10.1. The first-order chi connectivity index (χ1) is 13.8. The van der Waals surface area contributed by atoms with Crippen LogP contribution in [0.5, 0.6) is 5.75 Å². The van der Waals surface area contributed by atoms with E-state index in [1.807, 2.05) is 66.7 Å². The highest BCUT2D eigenvalue weighted by Crippen LogP contribution is 2.25. The predicted octanol–water partition coefficient (Wildman–Crippen LogP) is 4.28. The fraction of sp³-hybridized carbons (Fsp3) is 0.0476. The van der Waals surface area contributed by atoms with E-state index in [1.54, 1.807) is 12.4 Å². The number of benzene rings is 2. The highest BCUT2D eigenvalue weighted by atomic mass is 32.1. The molecule has 2 aromatic heterocycles. The molecule has 4 aromatic rings. The van der Waals surface area contributed by atoms with Crippen molar-refractivity contribution in [2.45, 2.75) is 0 Å². The Balaban J connectivity index is 1.32. The molecule has 0 radical (unpaired) electrons. The van der Waals surface area contributed by atoms with Crippen LogP contribution in [0.25, 0.3) is 21.7 Å². The zero-order valence-corrected chi connectivity index (χ0v) is 15.6. The first kappa shape index (κ1) is 17.8. The van der Waals surface area contributed by atoms with E-state index in [2.05, 4.69) is 20.5 Å². The minimum atomic E-state index is -0.291. The summed E-state index contributed by atoms with van der Waals surface area (Å²) in [6, 6.07) is 21.4. The van der Waals surface area contributed by atoms with E-state index >= 15 is 0 Å². The topological polar surface area (TPSA) is 77.0 Å². The molecule has 1 N–H and O–H groups in total. The molecule has 0 spiro atoms. The number of amides is 1. The van der Waals surface area contributed by atoms with E-state index < -0.39 is 0 Å². The molecule has 0 unspecified atom stereocenters. The second-order valence-corrected chi connectivity index (χ2v) is 6.86. The Morgan fingerprint density at radius 1 is 0.893 bits per heavy atom. The summed E-state index contributed by atoms with van der Waals surface area (Å²) in [4.78, 5) is 16.2. The molecule has 2 aromatic carbocycles. The summed E-state index contributed by atoms with van der Waals surface area (Å²) in [6.07, 6.45) is 3.39. The Morgan fingerprint density at radius 2 is 1.64 bits per heavy atom. The molecule has 0 aliphatic heterocycles. The smallest absolute Gasteiger partial charge is 0.264 e. The van der Waals surface area contributed by atoms with E-state index in [0.717, 1.165) is 16.7 Å². The lowest BCUT2D eigenvalue weighted by Gasteiger charge is -2.07. The lowest BCUT2D eigenvalue weighted by molar-refractivity contribution is -0.118. The predicted molar refractivity (Wildman–Crippen MR) is 109 cm³/mol. The summed E-state index contributed by atoms with van der Waals surface area (Å²) >= 11 is 1.29. The number of anilines is 1. The van der Waals surface area contributed by atoms with Crippen LogP contribution in [0, 0.1) is 0 Å². The maximum atomic E-state index is 12.1. The Labute approximate surface area is 165 Å². The Kier molecular flexibility index (Phi) is 5.35. The van der Waals surface area contributed by atoms with Crippen LogP contribution in [-0.2, 0) is 4.79 Å². The van der Waals surface area contributed by atoms with Crippen LogP contribution in [0.4, 0.5) is 5.13 Å². The average molecular weight is 388 g/mol. The van der Waals surface area contributed by atoms with E-state index in [4.69, 9.17) is 4.74 Å². The largest absolute Gasteiger partial charge is 0.484 e. The molecular formula is C21H16N4O2S. The van der Waals surface area contributed by atoms with Crippen molar-refractivity contribution < 1.29 is 9.53 Å². The number of nitrogens with zero attached hydrogens (tertiary/aromatic N) is 3. The normalized spacial score (nSPS) is 10.4. The fourth-order valence-electron chi connectivity index (χ4n) is 2.56. The SMILES string of the molecule is O=C(COc1ccc(-c2ccccc2)cc1)Nc1nnc(-c2cccnc2)s1. The number of hydrogen-bond donors (Lipinski definition) is 1. The molecular weight excluding hydrogens is 372 g/mol. The van der Waals surface area contributed by atoms with Gasteiger partial charge in [0.15, 0.2) is 11.6 Å². The van der Waals surface area contributed by atoms with Crippen molar-refractivity contribution in [1.29, 1.82) is 0 Å². The van der Waals surface area contributed by atoms with Crippen molar-refractivity contribution in [3.63, 3.8) is 0 Å². The summed E-state index contributed by atoms with van der Waals surface area (Å²) in [6.45, 7) is -0.105. The summed E-state index contributed by atoms with van der Waals surface area (Å²) < 4.78 is 5.56. The van der Waals surface area contributed by atoms with Gasteiger partial charge in [0.1, 0.15) is 5.75 Å². The zero-order chi connectivity index (χ0) is 19.2. The minimum Gasteiger partial charge on any atom is -0.484 e. The van der Waals surface area contributed by atoms with Crippen molar-refractivity contribution in [1.82, 2.24) is 15.2 Å². The molecule has 2 heterocycles. The van der Waals surface area contributed by atoms with E-state index in [9.17, 15) is 4.79 Å². The van der Waals surface area contributed by atoms with Gasteiger partial charge in [-0.05, 0) is 35.4 Å². The van der Waals surface area contributed by atoms with Gasteiger partial charge in [-0.15, -0.1) is 10.2 Å². The van der Waals surface area contributed by atoms with Gasteiger partial charge < -0.3 is 4.74 Å². The third-order valence-electron chi connectivity index (χ3n) is 3.91. The van der Waals surface area contributed by atoms with Crippen molar-refractivity contribution in [3.8, 4) is 27.4 Å².